The van der Waals surface area contributed by atoms with Gasteiger partial charge in [0, 0.05) is 5.02 Å². The van der Waals surface area contributed by atoms with Crippen LogP contribution in [-0.2, 0) is 16.0 Å². The molecule has 0 aliphatic heterocycles. The van der Waals surface area contributed by atoms with E-state index in [-0.39, 0.29) is 12.4 Å². The number of carbonyl (C=O) groups is 1. The van der Waals surface area contributed by atoms with Crippen molar-refractivity contribution in [2.45, 2.75) is 20.3 Å². The Morgan fingerprint density at radius 2 is 2.25 bits per heavy atom. The van der Waals surface area contributed by atoms with E-state index in [0.29, 0.717) is 22.8 Å². The molecular formula is C12H12ClNO2. The number of hydrogen-bond donors (Lipinski definition) is 0. The van der Waals surface area contributed by atoms with Crippen molar-refractivity contribution >= 4 is 17.6 Å². The number of hydrogen-bond acceptors (Lipinski definition) is 3. The van der Waals surface area contributed by atoms with Crippen LogP contribution in [0.2, 0.25) is 5.02 Å². The molecule has 0 saturated carbocycles. The van der Waals surface area contributed by atoms with E-state index in [1.165, 1.54) is 0 Å². The van der Waals surface area contributed by atoms with Gasteiger partial charge in [0.15, 0.2) is 0 Å². The molecule has 0 heterocycles. The quantitative estimate of drug-likeness (QED) is 0.760. The van der Waals surface area contributed by atoms with Crippen molar-refractivity contribution in [1.82, 2.24) is 0 Å². The summed E-state index contributed by atoms with van der Waals surface area (Å²) in [5, 5.41) is 9.43. The maximum atomic E-state index is 11.4. The van der Waals surface area contributed by atoms with Crippen LogP contribution in [0.5, 0.6) is 0 Å². The fourth-order valence-electron chi connectivity index (χ4n) is 1.42. The average Bonchev–Trinajstić information content (AvgIpc) is 2.24. The first-order chi connectivity index (χ1) is 7.60. The Hall–Kier alpha value is -1.53. The van der Waals surface area contributed by atoms with Crippen LogP contribution in [0.15, 0.2) is 12.1 Å². The van der Waals surface area contributed by atoms with Gasteiger partial charge in [0.1, 0.15) is 0 Å². The van der Waals surface area contributed by atoms with Crippen molar-refractivity contribution in [1.29, 1.82) is 5.26 Å². The second-order valence-electron chi connectivity index (χ2n) is 3.31. The molecule has 0 unspecified atom stereocenters. The van der Waals surface area contributed by atoms with Gasteiger partial charge in [0.25, 0.3) is 0 Å². The van der Waals surface area contributed by atoms with Gasteiger partial charge in [-0.3, -0.25) is 4.79 Å². The number of aryl methyl sites for hydroxylation is 1. The predicted molar refractivity (Wildman–Crippen MR) is 61.2 cm³/mol. The first-order valence-corrected chi connectivity index (χ1v) is 5.31. The Bertz CT molecular complexity index is 449. The van der Waals surface area contributed by atoms with E-state index in [1.807, 2.05) is 6.92 Å². The highest BCUT2D eigenvalue weighted by molar-refractivity contribution is 6.31. The summed E-state index contributed by atoms with van der Waals surface area (Å²) in [6.07, 6.45) is 0.0389. The molecule has 0 spiro atoms. The Kier molecular flexibility index (Phi) is 4.33. The van der Waals surface area contributed by atoms with Crippen molar-refractivity contribution in [2.24, 2.45) is 0 Å². The summed E-state index contributed by atoms with van der Waals surface area (Å²) in [6.45, 7) is 3.87. The zero-order chi connectivity index (χ0) is 12.1. The summed E-state index contributed by atoms with van der Waals surface area (Å²) in [5.41, 5.74) is 1.81. The Labute approximate surface area is 99.6 Å². The molecule has 1 aromatic carbocycles. The number of halogens is 1. The number of nitriles is 1. The normalized spacial score (nSPS) is 9.62. The Balaban J connectivity index is 3.08. The molecule has 0 aliphatic rings. The third kappa shape index (κ3) is 2.74. The van der Waals surface area contributed by atoms with Crippen molar-refractivity contribution in [3.8, 4) is 6.07 Å². The molecule has 1 rings (SSSR count). The molecule has 0 fully saturated rings. The van der Waals surface area contributed by atoms with E-state index in [1.54, 1.807) is 19.1 Å². The van der Waals surface area contributed by atoms with Gasteiger partial charge in [0.05, 0.1) is 24.7 Å². The van der Waals surface area contributed by atoms with Gasteiger partial charge >= 0.3 is 5.97 Å². The molecular weight excluding hydrogens is 226 g/mol. The molecule has 0 N–H and O–H groups in total. The summed E-state index contributed by atoms with van der Waals surface area (Å²) in [5.74, 6) is -0.369. The van der Waals surface area contributed by atoms with Crippen LogP contribution >= 0.6 is 11.6 Å². The molecule has 0 aliphatic carbocycles. The first kappa shape index (κ1) is 12.5. The zero-order valence-corrected chi connectivity index (χ0v) is 9.97. The number of nitrogens with zero attached hydrogens (tertiary/aromatic N) is 1. The maximum absolute atomic E-state index is 11.4. The van der Waals surface area contributed by atoms with Crippen LogP contribution in [0.25, 0.3) is 0 Å². The van der Waals surface area contributed by atoms with Crippen molar-refractivity contribution < 1.29 is 9.53 Å². The lowest BCUT2D eigenvalue weighted by Gasteiger charge is -2.08. The molecule has 0 aromatic heterocycles. The van der Waals surface area contributed by atoms with Gasteiger partial charge in [-0.2, -0.15) is 5.26 Å². The number of rotatable bonds is 3. The van der Waals surface area contributed by atoms with Gasteiger partial charge in [-0.1, -0.05) is 17.7 Å². The number of benzene rings is 1. The van der Waals surface area contributed by atoms with E-state index < -0.39 is 0 Å². The third-order valence-electron chi connectivity index (χ3n) is 2.20. The van der Waals surface area contributed by atoms with Crippen LogP contribution in [0.1, 0.15) is 23.6 Å². The smallest absolute Gasteiger partial charge is 0.310 e. The monoisotopic (exact) mass is 237 g/mol. The summed E-state index contributed by atoms with van der Waals surface area (Å²) in [4.78, 5) is 11.4. The lowest BCUT2D eigenvalue weighted by atomic mass is 10.0. The number of ether oxygens (including phenoxy) is 1. The van der Waals surface area contributed by atoms with E-state index in [2.05, 4.69) is 6.07 Å². The lowest BCUT2D eigenvalue weighted by Crippen LogP contribution is -2.09. The maximum Gasteiger partial charge on any atom is 0.310 e. The predicted octanol–water partition coefficient (Wildman–Crippen LogP) is 2.63. The van der Waals surface area contributed by atoms with E-state index in [4.69, 9.17) is 21.6 Å². The number of esters is 1. The second kappa shape index (κ2) is 5.53. The summed E-state index contributed by atoms with van der Waals surface area (Å²) in [7, 11) is 0. The van der Waals surface area contributed by atoms with Crippen molar-refractivity contribution in [3.05, 3.63) is 33.8 Å². The van der Waals surface area contributed by atoms with Crippen LogP contribution in [-0.4, -0.2) is 12.6 Å². The van der Waals surface area contributed by atoms with Gasteiger partial charge in [0.2, 0.25) is 0 Å². The highest BCUT2D eigenvalue weighted by Gasteiger charge is 2.14. The SMILES string of the molecule is CCOC(=O)Cc1c(Cl)ccc(C)c1C#N. The molecule has 0 amide bonds. The van der Waals surface area contributed by atoms with Crippen LogP contribution < -0.4 is 0 Å². The Morgan fingerprint density at radius 3 is 2.81 bits per heavy atom. The third-order valence-corrected chi connectivity index (χ3v) is 2.56. The molecule has 4 heteroatoms. The first-order valence-electron chi connectivity index (χ1n) is 4.93. The summed E-state index contributed by atoms with van der Waals surface area (Å²) in [6, 6.07) is 5.51. The summed E-state index contributed by atoms with van der Waals surface area (Å²) < 4.78 is 4.83. The van der Waals surface area contributed by atoms with E-state index in [0.717, 1.165) is 5.56 Å². The minimum atomic E-state index is -0.369. The van der Waals surface area contributed by atoms with Crippen molar-refractivity contribution in [3.63, 3.8) is 0 Å². The van der Waals surface area contributed by atoms with Crippen molar-refractivity contribution in [2.75, 3.05) is 6.61 Å². The molecule has 0 bridgehead atoms. The molecule has 1 aromatic rings. The topological polar surface area (TPSA) is 50.1 Å². The van der Waals surface area contributed by atoms with Gasteiger partial charge < -0.3 is 4.74 Å². The largest absolute Gasteiger partial charge is 0.466 e. The van der Waals surface area contributed by atoms with Crippen LogP contribution in [0.3, 0.4) is 0 Å². The van der Waals surface area contributed by atoms with Gasteiger partial charge in [-0.15, -0.1) is 0 Å². The highest BCUT2D eigenvalue weighted by Crippen LogP contribution is 2.23. The Morgan fingerprint density at radius 1 is 1.56 bits per heavy atom. The fraction of sp³-hybridized carbons (Fsp3) is 0.333. The molecule has 84 valence electrons. The molecule has 3 nitrogen and oxygen atoms in total. The van der Waals surface area contributed by atoms with Crippen LogP contribution in [0.4, 0.5) is 0 Å². The fourth-order valence-corrected chi connectivity index (χ4v) is 1.65. The van der Waals surface area contributed by atoms with Gasteiger partial charge in [-0.25, -0.2) is 0 Å². The standard InChI is InChI=1S/C12H12ClNO2/c1-3-16-12(15)6-9-10(7-14)8(2)4-5-11(9)13/h4-5H,3,6H2,1-2H3. The summed E-state index contributed by atoms with van der Waals surface area (Å²) >= 11 is 5.97. The lowest BCUT2D eigenvalue weighted by molar-refractivity contribution is -0.142. The molecule has 0 saturated heterocycles. The minimum Gasteiger partial charge on any atom is -0.466 e. The highest BCUT2D eigenvalue weighted by atomic mass is 35.5. The van der Waals surface area contributed by atoms with Crippen LogP contribution in [0, 0.1) is 18.3 Å². The van der Waals surface area contributed by atoms with Gasteiger partial charge in [-0.05, 0) is 31.0 Å². The minimum absolute atomic E-state index is 0.0389. The zero-order valence-electron chi connectivity index (χ0n) is 9.21. The molecule has 16 heavy (non-hydrogen) atoms. The second-order valence-corrected chi connectivity index (χ2v) is 3.72. The molecule has 0 radical (unpaired) electrons. The average molecular weight is 238 g/mol. The van der Waals surface area contributed by atoms with E-state index in [9.17, 15) is 4.79 Å². The van der Waals surface area contributed by atoms with E-state index >= 15 is 0 Å². The molecule has 0 atom stereocenters. The number of carbonyl (C=O) groups excluding carboxylic acids is 1.